The van der Waals surface area contributed by atoms with Crippen molar-refractivity contribution in [3.05, 3.63) is 107 Å². The van der Waals surface area contributed by atoms with E-state index in [0.717, 1.165) is 29.3 Å². The number of nitrogens with one attached hydrogen (secondary N) is 3. The molecule has 0 saturated carbocycles. The van der Waals surface area contributed by atoms with Gasteiger partial charge in [0.15, 0.2) is 0 Å². The number of H-pyrrole nitrogens is 1. The number of fused-ring (bicyclic) bond motifs is 1. The van der Waals surface area contributed by atoms with E-state index < -0.39 is 6.04 Å². The Morgan fingerprint density at radius 1 is 0.912 bits per heavy atom. The Morgan fingerprint density at radius 2 is 1.62 bits per heavy atom. The van der Waals surface area contributed by atoms with Gasteiger partial charge in [0.05, 0.1) is 10.6 Å². The highest BCUT2D eigenvalue weighted by molar-refractivity contribution is 6.33. The third-order valence-electron chi connectivity index (χ3n) is 5.94. The minimum Gasteiger partial charge on any atom is -0.361 e. The first-order valence-corrected chi connectivity index (χ1v) is 11.8. The summed E-state index contributed by atoms with van der Waals surface area (Å²) in [5.41, 5.74) is 3.53. The van der Waals surface area contributed by atoms with E-state index >= 15 is 0 Å². The Bertz CT molecular complexity index is 1270. The largest absolute Gasteiger partial charge is 0.361 e. The molecule has 34 heavy (non-hydrogen) atoms. The van der Waals surface area contributed by atoms with Gasteiger partial charge in [-0.2, -0.15) is 0 Å². The van der Waals surface area contributed by atoms with E-state index in [1.807, 2.05) is 55.6 Å². The van der Waals surface area contributed by atoms with Crippen LogP contribution in [0, 0.1) is 0 Å². The Balaban J connectivity index is 1.49. The van der Waals surface area contributed by atoms with Crippen LogP contribution < -0.4 is 10.6 Å². The van der Waals surface area contributed by atoms with E-state index in [1.54, 1.807) is 24.3 Å². The molecular weight excluding hydrogens is 446 g/mol. The molecule has 1 aromatic heterocycles. The van der Waals surface area contributed by atoms with Crippen LogP contribution in [0.25, 0.3) is 10.9 Å². The Labute approximate surface area is 204 Å². The zero-order valence-corrected chi connectivity index (χ0v) is 19.8. The average molecular weight is 474 g/mol. The topological polar surface area (TPSA) is 74.0 Å². The number of halogens is 1. The second-order valence-electron chi connectivity index (χ2n) is 8.50. The third kappa shape index (κ3) is 5.86. The lowest BCUT2D eigenvalue weighted by Gasteiger charge is -2.22. The second kappa shape index (κ2) is 11.0. The Hall–Kier alpha value is -3.57. The van der Waals surface area contributed by atoms with E-state index in [1.165, 1.54) is 5.56 Å². The van der Waals surface area contributed by atoms with E-state index in [-0.39, 0.29) is 17.9 Å². The summed E-state index contributed by atoms with van der Waals surface area (Å²) in [5.74, 6) is -0.589. The molecule has 5 nitrogen and oxygen atoms in total. The van der Waals surface area contributed by atoms with Crippen molar-refractivity contribution in [2.45, 2.75) is 38.3 Å². The Kier molecular flexibility index (Phi) is 7.65. The van der Waals surface area contributed by atoms with Gasteiger partial charge in [-0.05, 0) is 49.1 Å². The van der Waals surface area contributed by atoms with Crippen LogP contribution in [0.2, 0.25) is 5.02 Å². The standard InChI is InChI=1S/C28H28ClN3O2/c1-19(15-16-20-9-3-2-4-10-20)31-28(34)26(32-27(33)23-12-5-7-13-24(23)29)17-21-18-30-25-14-8-6-11-22(21)25/h2-14,18-19,26,30H,15-17H2,1H3,(H,31,34)(H,32,33)/t19-,26+/m1/s1. The lowest BCUT2D eigenvalue weighted by molar-refractivity contribution is -0.123. The number of para-hydroxylation sites is 1. The van der Waals surface area contributed by atoms with Gasteiger partial charge < -0.3 is 15.6 Å². The zero-order chi connectivity index (χ0) is 23.9. The lowest BCUT2D eigenvalue weighted by atomic mass is 10.0. The fourth-order valence-electron chi connectivity index (χ4n) is 4.05. The summed E-state index contributed by atoms with van der Waals surface area (Å²) < 4.78 is 0. The van der Waals surface area contributed by atoms with E-state index in [0.29, 0.717) is 17.0 Å². The van der Waals surface area contributed by atoms with Gasteiger partial charge in [0.1, 0.15) is 6.04 Å². The quantitative estimate of drug-likeness (QED) is 0.308. The predicted molar refractivity (Wildman–Crippen MR) is 137 cm³/mol. The SMILES string of the molecule is C[C@H](CCc1ccccc1)NC(=O)[C@H](Cc1c[nH]c2ccccc12)NC(=O)c1ccccc1Cl. The number of carbonyl (C=O) groups excluding carboxylic acids is 2. The smallest absolute Gasteiger partial charge is 0.253 e. The van der Waals surface area contributed by atoms with Crippen LogP contribution in [0.4, 0.5) is 0 Å². The maximum Gasteiger partial charge on any atom is 0.253 e. The van der Waals surface area contributed by atoms with Gasteiger partial charge in [-0.25, -0.2) is 0 Å². The van der Waals surface area contributed by atoms with Gasteiger partial charge >= 0.3 is 0 Å². The molecule has 0 aliphatic rings. The highest BCUT2D eigenvalue weighted by atomic mass is 35.5. The fraction of sp³-hybridized carbons (Fsp3) is 0.214. The molecule has 0 fully saturated rings. The molecule has 2 atom stereocenters. The molecule has 6 heteroatoms. The van der Waals surface area contributed by atoms with Gasteiger partial charge in [-0.15, -0.1) is 0 Å². The second-order valence-corrected chi connectivity index (χ2v) is 8.91. The molecule has 3 aromatic carbocycles. The third-order valence-corrected chi connectivity index (χ3v) is 6.27. The first kappa shape index (κ1) is 23.6. The number of hydrogen-bond acceptors (Lipinski definition) is 2. The zero-order valence-electron chi connectivity index (χ0n) is 19.1. The minimum absolute atomic E-state index is 0.0459. The summed E-state index contributed by atoms with van der Waals surface area (Å²) in [6.45, 7) is 1.99. The molecule has 0 aliphatic carbocycles. The Morgan fingerprint density at radius 3 is 2.41 bits per heavy atom. The van der Waals surface area contributed by atoms with Crippen molar-refractivity contribution in [3.63, 3.8) is 0 Å². The van der Waals surface area contributed by atoms with Crippen LogP contribution in [0.3, 0.4) is 0 Å². The molecular formula is C28H28ClN3O2. The number of aryl methyl sites for hydroxylation is 1. The molecule has 0 aliphatic heterocycles. The van der Waals surface area contributed by atoms with Gasteiger partial charge in [0.2, 0.25) is 5.91 Å². The maximum atomic E-state index is 13.3. The summed E-state index contributed by atoms with van der Waals surface area (Å²) >= 11 is 6.22. The van der Waals surface area contributed by atoms with Crippen molar-refractivity contribution in [3.8, 4) is 0 Å². The number of aromatic amines is 1. The summed E-state index contributed by atoms with van der Waals surface area (Å²) in [6, 6.07) is 24.1. The predicted octanol–water partition coefficient (Wildman–Crippen LogP) is 5.30. The number of aromatic nitrogens is 1. The number of carbonyl (C=O) groups is 2. The van der Waals surface area contributed by atoms with Crippen molar-refractivity contribution in [1.29, 1.82) is 0 Å². The molecule has 174 valence electrons. The monoisotopic (exact) mass is 473 g/mol. The van der Waals surface area contributed by atoms with E-state index in [2.05, 4.69) is 27.8 Å². The molecule has 4 rings (SSSR count). The van der Waals surface area contributed by atoms with Gasteiger partial charge in [0, 0.05) is 29.6 Å². The average Bonchev–Trinajstić information content (AvgIpc) is 3.26. The summed E-state index contributed by atoms with van der Waals surface area (Å²) in [7, 11) is 0. The normalized spacial score (nSPS) is 12.8. The molecule has 1 heterocycles. The van der Waals surface area contributed by atoms with Crippen LogP contribution in [0.5, 0.6) is 0 Å². The maximum absolute atomic E-state index is 13.3. The van der Waals surface area contributed by atoms with Gasteiger partial charge in [0.25, 0.3) is 5.91 Å². The fourth-order valence-corrected chi connectivity index (χ4v) is 4.28. The molecule has 2 amide bonds. The number of rotatable bonds is 9. The van der Waals surface area contributed by atoms with Crippen molar-refractivity contribution >= 4 is 34.3 Å². The first-order chi connectivity index (χ1) is 16.5. The molecule has 3 N–H and O–H groups in total. The van der Waals surface area contributed by atoms with E-state index in [9.17, 15) is 9.59 Å². The minimum atomic E-state index is -0.748. The van der Waals surface area contributed by atoms with Crippen LogP contribution >= 0.6 is 11.6 Å². The first-order valence-electron chi connectivity index (χ1n) is 11.5. The van der Waals surface area contributed by atoms with Crippen LogP contribution in [0.1, 0.15) is 34.8 Å². The molecule has 4 aromatic rings. The van der Waals surface area contributed by atoms with Crippen molar-refractivity contribution in [2.75, 3.05) is 0 Å². The van der Waals surface area contributed by atoms with Crippen LogP contribution in [0.15, 0.2) is 85.1 Å². The molecule has 0 bridgehead atoms. The van der Waals surface area contributed by atoms with Crippen molar-refractivity contribution in [2.24, 2.45) is 0 Å². The number of amides is 2. The van der Waals surface area contributed by atoms with Crippen LogP contribution in [-0.2, 0) is 17.6 Å². The lowest BCUT2D eigenvalue weighted by Crippen LogP contribution is -2.50. The van der Waals surface area contributed by atoms with E-state index in [4.69, 9.17) is 11.6 Å². The van der Waals surface area contributed by atoms with Gasteiger partial charge in [-0.1, -0.05) is 72.3 Å². The number of hydrogen-bond donors (Lipinski definition) is 3. The summed E-state index contributed by atoms with van der Waals surface area (Å²) in [5, 5.41) is 7.37. The van der Waals surface area contributed by atoms with Crippen molar-refractivity contribution in [1.82, 2.24) is 15.6 Å². The molecule has 0 unspecified atom stereocenters. The highest BCUT2D eigenvalue weighted by Crippen LogP contribution is 2.20. The summed E-state index contributed by atoms with van der Waals surface area (Å²) in [6.07, 6.45) is 3.91. The summed E-state index contributed by atoms with van der Waals surface area (Å²) in [4.78, 5) is 29.5. The number of benzene rings is 3. The molecule has 0 spiro atoms. The highest BCUT2D eigenvalue weighted by Gasteiger charge is 2.25. The van der Waals surface area contributed by atoms with Crippen LogP contribution in [-0.4, -0.2) is 28.9 Å². The molecule has 0 saturated heterocycles. The van der Waals surface area contributed by atoms with Gasteiger partial charge in [-0.3, -0.25) is 9.59 Å². The van der Waals surface area contributed by atoms with Crippen molar-refractivity contribution < 1.29 is 9.59 Å². The molecule has 0 radical (unpaired) electrons.